The summed E-state index contributed by atoms with van der Waals surface area (Å²) in [5.74, 6) is -0.0554. The Kier molecular flexibility index (Phi) is 2.58. The van der Waals surface area contributed by atoms with Crippen LogP contribution in [0.3, 0.4) is 0 Å². The second kappa shape index (κ2) is 4.40. The molecule has 0 N–H and O–H groups in total. The Hall–Kier alpha value is -3.34. The Labute approximate surface area is 112 Å². The van der Waals surface area contributed by atoms with Gasteiger partial charge in [0, 0.05) is 5.39 Å². The van der Waals surface area contributed by atoms with Crippen LogP contribution in [0.1, 0.15) is 5.82 Å². The van der Waals surface area contributed by atoms with Crippen LogP contribution in [0.15, 0.2) is 36.8 Å². The molecule has 0 fully saturated rings. The molecule has 96 valence electrons. The normalized spacial score (nSPS) is 10.3. The summed E-state index contributed by atoms with van der Waals surface area (Å²) in [6.07, 6.45) is 2.44. The van der Waals surface area contributed by atoms with E-state index in [2.05, 4.69) is 15.1 Å². The molecule has 0 saturated heterocycles. The highest BCUT2D eigenvalue weighted by Crippen LogP contribution is 2.28. The highest BCUT2D eigenvalue weighted by molar-refractivity contribution is 5.90. The van der Waals surface area contributed by atoms with E-state index in [1.54, 1.807) is 30.3 Å². The van der Waals surface area contributed by atoms with E-state index in [9.17, 15) is 10.1 Å². The first kappa shape index (κ1) is 11.7. The van der Waals surface area contributed by atoms with Crippen LogP contribution < -0.4 is 0 Å². The maximum absolute atomic E-state index is 11.2. The lowest BCUT2D eigenvalue weighted by Gasteiger charge is -2.05. The Morgan fingerprint density at radius 3 is 2.80 bits per heavy atom. The third-order valence-electron chi connectivity index (χ3n) is 2.75. The summed E-state index contributed by atoms with van der Waals surface area (Å²) in [7, 11) is 0. The summed E-state index contributed by atoms with van der Waals surface area (Å²) < 4.78 is 1.22. The van der Waals surface area contributed by atoms with Crippen LogP contribution in [-0.4, -0.2) is 24.7 Å². The van der Waals surface area contributed by atoms with Crippen molar-refractivity contribution < 1.29 is 4.92 Å². The standard InChI is InChI=1S/C12H6N6O2/c13-5-11-15-7-17(16-11)12-8-3-1-2-4-9(8)14-6-10(12)18(19)20/h1-4,6-7H. The van der Waals surface area contributed by atoms with E-state index in [-0.39, 0.29) is 17.2 Å². The number of nitriles is 1. The van der Waals surface area contributed by atoms with Crippen molar-refractivity contribution in [1.29, 1.82) is 5.26 Å². The molecule has 3 aromatic rings. The number of fused-ring (bicyclic) bond motifs is 1. The Morgan fingerprint density at radius 1 is 1.30 bits per heavy atom. The number of pyridine rings is 1. The van der Waals surface area contributed by atoms with Gasteiger partial charge in [-0.2, -0.15) is 5.26 Å². The maximum Gasteiger partial charge on any atom is 0.313 e. The van der Waals surface area contributed by atoms with Crippen molar-refractivity contribution in [1.82, 2.24) is 19.7 Å². The highest BCUT2D eigenvalue weighted by atomic mass is 16.6. The molecule has 0 aliphatic carbocycles. The molecule has 8 nitrogen and oxygen atoms in total. The molecule has 8 heteroatoms. The zero-order valence-corrected chi connectivity index (χ0v) is 9.96. The molecule has 0 bridgehead atoms. The second-order valence-electron chi connectivity index (χ2n) is 3.89. The number of hydrogen-bond donors (Lipinski definition) is 0. The van der Waals surface area contributed by atoms with Gasteiger partial charge < -0.3 is 0 Å². The summed E-state index contributed by atoms with van der Waals surface area (Å²) in [5, 5.41) is 24.4. The smallest absolute Gasteiger partial charge is 0.258 e. The van der Waals surface area contributed by atoms with Crippen LogP contribution in [0.2, 0.25) is 0 Å². The van der Waals surface area contributed by atoms with Gasteiger partial charge in [0.2, 0.25) is 0 Å². The van der Waals surface area contributed by atoms with Gasteiger partial charge in [-0.1, -0.05) is 18.2 Å². The molecule has 1 aromatic carbocycles. The van der Waals surface area contributed by atoms with E-state index in [0.29, 0.717) is 10.9 Å². The summed E-state index contributed by atoms with van der Waals surface area (Å²) in [6.45, 7) is 0. The number of para-hydroxylation sites is 1. The molecule has 0 radical (unpaired) electrons. The molecule has 0 saturated carbocycles. The van der Waals surface area contributed by atoms with E-state index >= 15 is 0 Å². The van der Waals surface area contributed by atoms with E-state index < -0.39 is 4.92 Å². The third-order valence-corrected chi connectivity index (χ3v) is 2.75. The maximum atomic E-state index is 11.2. The largest absolute Gasteiger partial charge is 0.313 e. The van der Waals surface area contributed by atoms with E-state index in [4.69, 9.17) is 5.26 Å². The number of aromatic nitrogens is 4. The van der Waals surface area contributed by atoms with Gasteiger partial charge in [-0.15, -0.1) is 5.10 Å². The molecule has 0 aliphatic heterocycles. The van der Waals surface area contributed by atoms with E-state index in [1.807, 2.05) is 0 Å². The summed E-state index contributed by atoms with van der Waals surface area (Å²) >= 11 is 0. The summed E-state index contributed by atoms with van der Waals surface area (Å²) in [5.41, 5.74) is 0.648. The van der Waals surface area contributed by atoms with Crippen LogP contribution in [0.25, 0.3) is 16.6 Å². The second-order valence-corrected chi connectivity index (χ2v) is 3.89. The molecule has 20 heavy (non-hydrogen) atoms. The van der Waals surface area contributed by atoms with Gasteiger partial charge in [-0.05, 0) is 6.07 Å². The van der Waals surface area contributed by atoms with Crippen LogP contribution in [-0.2, 0) is 0 Å². The number of nitro groups is 1. The molecule has 0 unspecified atom stereocenters. The average molecular weight is 266 g/mol. The zero-order chi connectivity index (χ0) is 14.1. The fraction of sp³-hybridized carbons (Fsp3) is 0. The minimum absolute atomic E-state index is 0.0554. The van der Waals surface area contributed by atoms with Crippen molar-refractivity contribution >= 4 is 16.6 Å². The predicted molar refractivity (Wildman–Crippen MR) is 68.0 cm³/mol. The number of nitrogens with zero attached hydrogens (tertiary/aromatic N) is 6. The van der Waals surface area contributed by atoms with Crippen molar-refractivity contribution in [3.05, 3.63) is 52.7 Å². The van der Waals surface area contributed by atoms with Crippen molar-refractivity contribution in [3.63, 3.8) is 0 Å². The SMILES string of the molecule is N#Cc1ncn(-c2c([N+](=O)[O-])cnc3ccccc23)n1. The molecule has 2 heterocycles. The Bertz CT molecular complexity index is 864. The van der Waals surface area contributed by atoms with Crippen molar-refractivity contribution in [2.75, 3.05) is 0 Å². The molecule has 3 rings (SSSR count). The molecule has 2 aromatic heterocycles. The lowest BCUT2D eigenvalue weighted by molar-refractivity contribution is -0.384. The summed E-state index contributed by atoms with van der Waals surface area (Å²) in [4.78, 5) is 18.4. The van der Waals surface area contributed by atoms with Gasteiger partial charge >= 0.3 is 5.69 Å². The lowest BCUT2D eigenvalue weighted by atomic mass is 10.1. The summed E-state index contributed by atoms with van der Waals surface area (Å²) in [6, 6.07) is 8.77. The third kappa shape index (κ3) is 1.74. The monoisotopic (exact) mass is 266 g/mol. The first-order chi connectivity index (χ1) is 9.70. The molecule has 0 aliphatic rings. The highest BCUT2D eigenvalue weighted by Gasteiger charge is 2.20. The predicted octanol–water partition coefficient (Wildman–Crippen LogP) is 1.60. The van der Waals surface area contributed by atoms with Crippen molar-refractivity contribution in [2.24, 2.45) is 0 Å². The van der Waals surface area contributed by atoms with Gasteiger partial charge in [-0.3, -0.25) is 10.1 Å². The minimum atomic E-state index is -0.539. The zero-order valence-electron chi connectivity index (χ0n) is 9.96. The quantitative estimate of drug-likeness (QED) is 0.514. The molecule has 0 spiro atoms. The molecular weight excluding hydrogens is 260 g/mol. The van der Waals surface area contributed by atoms with E-state index in [0.717, 1.165) is 0 Å². The molecule has 0 amide bonds. The fourth-order valence-corrected chi connectivity index (χ4v) is 1.91. The van der Waals surface area contributed by atoms with Gasteiger partial charge in [0.05, 0.1) is 10.4 Å². The minimum Gasteiger partial charge on any atom is -0.258 e. The van der Waals surface area contributed by atoms with Gasteiger partial charge in [0.25, 0.3) is 5.82 Å². The van der Waals surface area contributed by atoms with E-state index in [1.165, 1.54) is 17.2 Å². The van der Waals surface area contributed by atoms with Crippen LogP contribution in [0, 0.1) is 21.4 Å². The molecular formula is C12H6N6O2. The van der Waals surface area contributed by atoms with Crippen molar-refractivity contribution in [3.8, 4) is 11.8 Å². The van der Waals surface area contributed by atoms with Gasteiger partial charge in [0.1, 0.15) is 18.6 Å². The number of benzene rings is 1. The van der Waals surface area contributed by atoms with Crippen LogP contribution >= 0.6 is 0 Å². The topological polar surface area (TPSA) is 111 Å². The van der Waals surface area contributed by atoms with Gasteiger partial charge in [-0.25, -0.2) is 14.6 Å². The van der Waals surface area contributed by atoms with Gasteiger partial charge in [0.15, 0.2) is 5.69 Å². The first-order valence-electron chi connectivity index (χ1n) is 5.55. The molecule has 0 atom stereocenters. The number of hydrogen-bond acceptors (Lipinski definition) is 6. The van der Waals surface area contributed by atoms with Crippen molar-refractivity contribution in [2.45, 2.75) is 0 Å². The van der Waals surface area contributed by atoms with Crippen LogP contribution in [0.4, 0.5) is 5.69 Å². The average Bonchev–Trinajstić information content (AvgIpc) is 2.94. The Morgan fingerprint density at radius 2 is 2.10 bits per heavy atom. The number of rotatable bonds is 2. The lowest BCUT2D eigenvalue weighted by Crippen LogP contribution is -2.03. The fourth-order valence-electron chi connectivity index (χ4n) is 1.91. The first-order valence-corrected chi connectivity index (χ1v) is 5.55. The van der Waals surface area contributed by atoms with Crippen LogP contribution in [0.5, 0.6) is 0 Å². The Balaban J connectivity index is 2.38.